The van der Waals surface area contributed by atoms with Crippen LogP contribution < -0.4 is 9.80 Å². The average Bonchev–Trinajstić information content (AvgIpc) is 2.97. The van der Waals surface area contributed by atoms with E-state index in [1.165, 1.54) is 4.90 Å². The summed E-state index contributed by atoms with van der Waals surface area (Å²) in [4.78, 5) is 33.0. The second-order valence-corrected chi connectivity index (χ2v) is 9.06. The van der Waals surface area contributed by atoms with E-state index >= 15 is 0 Å². The Morgan fingerprint density at radius 3 is 2.25 bits per heavy atom. The zero-order valence-electron chi connectivity index (χ0n) is 19.7. The van der Waals surface area contributed by atoms with Crippen molar-refractivity contribution in [2.45, 2.75) is 39.9 Å². The van der Waals surface area contributed by atoms with Gasteiger partial charge in [-0.15, -0.1) is 0 Å². The van der Waals surface area contributed by atoms with Crippen molar-refractivity contribution in [3.05, 3.63) is 64.9 Å². The number of anilines is 2. The third-order valence-electron chi connectivity index (χ3n) is 6.05. The second kappa shape index (κ2) is 8.43. The molecule has 1 fully saturated rings. The van der Waals surface area contributed by atoms with E-state index in [1.54, 1.807) is 0 Å². The van der Waals surface area contributed by atoms with Crippen molar-refractivity contribution in [2.24, 2.45) is 0 Å². The maximum Gasteiger partial charge on any atom is 0.282 e. The monoisotopic (exact) mass is 433 g/mol. The Balaban J connectivity index is 1.86. The summed E-state index contributed by atoms with van der Waals surface area (Å²) in [5.41, 5.74) is 5.37. The number of imide groups is 1. The predicted octanol–water partition coefficient (Wildman–Crippen LogP) is 3.76. The fourth-order valence-electron chi connectivity index (χ4n) is 4.65. The highest BCUT2D eigenvalue weighted by Gasteiger charge is 2.44. The van der Waals surface area contributed by atoms with Gasteiger partial charge in [0.25, 0.3) is 11.8 Å². The van der Waals surface area contributed by atoms with Crippen molar-refractivity contribution >= 4 is 28.8 Å². The third-order valence-corrected chi connectivity index (χ3v) is 6.05. The van der Waals surface area contributed by atoms with Gasteiger partial charge in [-0.05, 0) is 57.0 Å². The summed E-state index contributed by atoms with van der Waals surface area (Å²) < 4.78 is 5.89. The molecule has 0 aromatic heterocycles. The minimum Gasteiger partial charge on any atom is -0.378 e. The van der Waals surface area contributed by atoms with E-state index in [9.17, 15) is 9.59 Å². The first kappa shape index (κ1) is 22.1. The number of carbonyl (C=O) groups is 2. The van der Waals surface area contributed by atoms with E-state index in [-0.39, 0.29) is 24.0 Å². The Morgan fingerprint density at radius 1 is 0.938 bits per heavy atom. The molecule has 2 heterocycles. The van der Waals surface area contributed by atoms with Crippen LogP contribution in [0.3, 0.4) is 0 Å². The number of morpholine rings is 1. The SMILES string of the molecule is Cc1ccc(C2=C(N3CC(C)OC(C)C3)C(=O)N(c3cccc(N(C)C)c3)C2=O)c(C)c1. The molecule has 2 amide bonds. The lowest BCUT2D eigenvalue weighted by atomic mass is 9.97. The lowest BCUT2D eigenvalue weighted by Gasteiger charge is -2.37. The topological polar surface area (TPSA) is 53.1 Å². The van der Waals surface area contributed by atoms with E-state index in [1.807, 2.05) is 88.0 Å². The maximum absolute atomic E-state index is 13.8. The molecule has 168 valence electrons. The molecule has 2 unspecified atom stereocenters. The van der Waals surface area contributed by atoms with Crippen LogP contribution in [0.5, 0.6) is 0 Å². The lowest BCUT2D eigenvalue weighted by molar-refractivity contribution is -0.121. The highest BCUT2D eigenvalue weighted by atomic mass is 16.5. The van der Waals surface area contributed by atoms with Gasteiger partial charge >= 0.3 is 0 Å². The number of ether oxygens (including phenoxy) is 1. The zero-order chi connectivity index (χ0) is 23.2. The number of hydrogen-bond donors (Lipinski definition) is 0. The largest absolute Gasteiger partial charge is 0.378 e. The van der Waals surface area contributed by atoms with Gasteiger partial charge in [-0.2, -0.15) is 0 Å². The minimum absolute atomic E-state index is 0.0272. The third kappa shape index (κ3) is 3.91. The van der Waals surface area contributed by atoms with Crippen molar-refractivity contribution in [1.29, 1.82) is 0 Å². The maximum atomic E-state index is 13.8. The molecule has 4 rings (SSSR count). The van der Waals surface area contributed by atoms with Crippen LogP contribution in [0.15, 0.2) is 48.2 Å². The normalized spacial score (nSPS) is 21.6. The van der Waals surface area contributed by atoms with Gasteiger partial charge < -0.3 is 14.5 Å². The van der Waals surface area contributed by atoms with Crippen LogP contribution in [0, 0.1) is 13.8 Å². The first-order valence-corrected chi connectivity index (χ1v) is 11.1. The summed E-state index contributed by atoms with van der Waals surface area (Å²) in [5, 5.41) is 0. The van der Waals surface area contributed by atoms with Crippen LogP contribution >= 0.6 is 0 Å². The smallest absolute Gasteiger partial charge is 0.282 e. The van der Waals surface area contributed by atoms with Crippen molar-refractivity contribution in [3.8, 4) is 0 Å². The van der Waals surface area contributed by atoms with Gasteiger partial charge in [0, 0.05) is 32.9 Å². The van der Waals surface area contributed by atoms with Crippen LogP contribution in [-0.2, 0) is 14.3 Å². The Bertz CT molecular complexity index is 1100. The molecule has 32 heavy (non-hydrogen) atoms. The molecule has 2 aliphatic heterocycles. The number of nitrogens with zero attached hydrogens (tertiary/aromatic N) is 3. The van der Waals surface area contributed by atoms with Crippen LogP contribution in [-0.4, -0.2) is 56.1 Å². The van der Waals surface area contributed by atoms with Crippen molar-refractivity contribution in [1.82, 2.24) is 4.90 Å². The standard InChI is InChI=1S/C26H31N3O3/c1-16-10-11-22(17(2)12-16)23-24(28-14-18(3)32-19(4)15-28)26(31)29(25(23)30)21-9-7-8-20(13-21)27(5)6/h7-13,18-19H,14-15H2,1-6H3. The number of amides is 2. The van der Waals surface area contributed by atoms with E-state index in [4.69, 9.17) is 4.74 Å². The molecule has 6 heteroatoms. The lowest BCUT2D eigenvalue weighted by Crippen LogP contribution is -2.47. The Labute approximate surface area is 190 Å². The van der Waals surface area contributed by atoms with Gasteiger partial charge in [-0.1, -0.05) is 29.8 Å². The molecule has 0 spiro atoms. The van der Waals surface area contributed by atoms with E-state index in [0.717, 1.165) is 22.4 Å². The Hall–Kier alpha value is -3.12. The molecule has 0 N–H and O–H groups in total. The molecular formula is C26H31N3O3. The molecule has 1 saturated heterocycles. The van der Waals surface area contributed by atoms with Crippen molar-refractivity contribution in [2.75, 3.05) is 37.0 Å². The summed E-state index contributed by atoms with van der Waals surface area (Å²) in [6.07, 6.45) is -0.0544. The predicted molar refractivity (Wildman–Crippen MR) is 128 cm³/mol. The van der Waals surface area contributed by atoms with Gasteiger partial charge in [-0.25, -0.2) is 4.90 Å². The molecule has 0 bridgehead atoms. The molecule has 0 saturated carbocycles. The number of carbonyl (C=O) groups excluding carboxylic acids is 2. The summed E-state index contributed by atoms with van der Waals surface area (Å²) in [7, 11) is 3.88. The molecule has 2 aliphatic rings. The summed E-state index contributed by atoms with van der Waals surface area (Å²) in [5.74, 6) is -0.554. The second-order valence-electron chi connectivity index (χ2n) is 9.06. The molecule has 2 aromatic carbocycles. The number of benzene rings is 2. The molecular weight excluding hydrogens is 402 g/mol. The minimum atomic E-state index is -0.278. The summed E-state index contributed by atoms with van der Waals surface area (Å²) >= 11 is 0. The molecule has 0 aliphatic carbocycles. The fourth-order valence-corrected chi connectivity index (χ4v) is 4.65. The Kier molecular flexibility index (Phi) is 5.82. The number of rotatable bonds is 4. The zero-order valence-corrected chi connectivity index (χ0v) is 19.7. The van der Waals surface area contributed by atoms with Gasteiger partial charge in [0.2, 0.25) is 0 Å². The Morgan fingerprint density at radius 2 is 1.62 bits per heavy atom. The van der Waals surface area contributed by atoms with E-state index in [2.05, 4.69) is 6.07 Å². The van der Waals surface area contributed by atoms with Crippen LogP contribution in [0.2, 0.25) is 0 Å². The average molecular weight is 434 g/mol. The molecule has 6 nitrogen and oxygen atoms in total. The van der Waals surface area contributed by atoms with Crippen molar-refractivity contribution in [3.63, 3.8) is 0 Å². The summed E-state index contributed by atoms with van der Waals surface area (Å²) in [6.45, 7) is 9.15. The van der Waals surface area contributed by atoms with E-state index < -0.39 is 0 Å². The fraction of sp³-hybridized carbons (Fsp3) is 0.385. The first-order valence-electron chi connectivity index (χ1n) is 11.1. The van der Waals surface area contributed by atoms with Crippen LogP contribution in [0.4, 0.5) is 11.4 Å². The highest BCUT2D eigenvalue weighted by molar-refractivity contribution is 6.45. The van der Waals surface area contributed by atoms with Gasteiger partial charge in [-0.3, -0.25) is 9.59 Å². The van der Waals surface area contributed by atoms with E-state index in [0.29, 0.717) is 30.0 Å². The van der Waals surface area contributed by atoms with Gasteiger partial charge in [0.15, 0.2) is 0 Å². The highest BCUT2D eigenvalue weighted by Crippen LogP contribution is 2.38. The van der Waals surface area contributed by atoms with Gasteiger partial charge in [0.05, 0.1) is 23.5 Å². The molecule has 2 atom stereocenters. The quantitative estimate of drug-likeness (QED) is 0.687. The molecule has 0 radical (unpaired) electrons. The van der Waals surface area contributed by atoms with Crippen LogP contribution in [0.1, 0.15) is 30.5 Å². The molecule has 2 aromatic rings. The van der Waals surface area contributed by atoms with Crippen molar-refractivity contribution < 1.29 is 14.3 Å². The number of aryl methyl sites for hydroxylation is 2. The summed E-state index contributed by atoms with van der Waals surface area (Å²) in [6, 6.07) is 13.5. The first-order chi connectivity index (χ1) is 15.2. The number of hydrogen-bond acceptors (Lipinski definition) is 5. The van der Waals surface area contributed by atoms with Crippen LogP contribution in [0.25, 0.3) is 5.57 Å². The van der Waals surface area contributed by atoms with Gasteiger partial charge in [0.1, 0.15) is 5.70 Å².